The van der Waals surface area contributed by atoms with Gasteiger partial charge in [0, 0.05) is 20.2 Å². The molecule has 0 saturated carbocycles. The summed E-state index contributed by atoms with van der Waals surface area (Å²) in [6, 6.07) is 11.5. The molecular weight excluding hydrogens is 462 g/mol. The van der Waals surface area contributed by atoms with E-state index in [9.17, 15) is 0 Å². The number of aromatic nitrogens is 3. The van der Waals surface area contributed by atoms with E-state index in [0.717, 1.165) is 45.2 Å². The summed E-state index contributed by atoms with van der Waals surface area (Å²) in [4.78, 5) is 9.17. The zero-order valence-electron chi connectivity index (χ0n) is 17.9. The van der Waals surface area contributed by atoms with Gasteiger partial charge in [0.2, 0.25) is 0 Å². The second-order valence-electron chi connectivity index (χ2n) is 8.93. The molecule has 3 aromatic rings. The predicted octanol–water partition coefficient (Wildman–Crippen LogP) is 5.39. The Morgan fingerprint density at radius 1 is 1.17 bits per heavy atom. The quantitative estimate of drug-likeness (QED) is 0.328. The number of rotatable bonds is 7. The Hall–Kier alpha value is -1.58. The fourth-order valence-electron chi connectivity index (χ4n) is 3.53. The van der Waals surface area contributed by atoms with Crippen LogP contribution in [0.25, 0.3) is 22.4 Å². The van der Waals surface area contributed by atoms with Gasteiger partial charge < -0.3 is 14.2 Å². The van der Waals surface area contributed by atoms with Crippen molar-refractivity contribution in [3.63, 3.8) is 0 Å². The summed E-state index contributed by atoms with van der Waals surface area (Å²) in [5, 5.41) is 0. The zero-order chi connectivity index (χ0) is 21.4. The molecule has 1 aliphatic rings. The van der Waals surface area contributed by atoms with Gasteiger partial charge in [-0.2, -0.15) is 0 Å². The normalized spacial score (nSPS) is 16.4. The smallest absolute Gasteiger partial charge is 0.192 e. The third kappa shape index (κ3) is 4.68. The highest BCUT2D eigenvalue weighted by Gasteiger charge is 2.33. The summed E-state index contributed by atoms with van der Waals surface area (Å²) in [5.74, 6) is -0.667. The molecule has 6 nitrogen and oxygen atoms in total. The van der Waals surface area contributed by atoms with Crippen LogP contribution in [-0.4, -0.2) is 42.4 Å². The van der Waals surface area contributed by atoms with Crippen molar-refractivity contribution < 1.29 is 14.2 Å². The molecular formula is C22H28BrN3O3Si. The van der Waals surface area contributed by atoms with Crippen LogP contribution in [-0.2, 0) is 26.7 Å². The number of benzene rings is 1. The molecule has 0 bridgehead atoms. The van der Waals surface area contributed by atoms with Crippen molar-refractivity contribution in [3.8, 4) is 11.3 Å². The minimum absolute atomic E-state index is 0.450. The van der Waals surface area contributed by atoms with E-state index in [2.05, 4.69) is 80.4 Å². The lowest BCUT2D eigenvalue weighted by Crippen LogP contribution is -2.22. The number of fused-ring (bicyclic) bond motifs is 1. The standard InChI is InChI=1S/C22H28BrN3O3Si/c1-22(28-9-10-29-22)17-7-5-16(6-8-17)19-13-18-21(24-14-20(23)25-18)26(19)15-27-11-12-30(2,3)4/h5-8,13-14H,9-12,15H2,1-4H3. The third-order valence-electron chi connectivity index (χ3n) is 5.33. The first-order valence-electron chi connectivity index (χ1n) is 10.2. The Kier molecular flexibility index (Phi) is 6.14. The van der Waals surface area contributed by atoms with E-state index in [1.165, 1.54) is 0 Å². The Morgan fingerprint density at radius 3 is 2.53 bits per heavy atom. The van der Waals surface area contributed by atoms with Crippen molar-refractivity contribution in [3.05, 3.63) is 46.7 Å². The second kappa shape index (κ2) is 8.51. The maximum absolute atomic E-state index is 6.05. The molecule has 0 spiro atoms. The summed E-state index contributed by atoms with van der Waals surface area (Å²) >= 11 is 3.42. The molecule has 160 valence electrons. The molecule has 30 heavy (non-hydrogen) atoms. The second-order valence-corrected chi connectivity index (χ2v) is 15.4. The van der Waals surface area contributed by atoms with E-state index >= 15 is 0 Å². The van der Waals surface area contributed by atoms with Gasteiger partial charge in [-0.25, -0.2) is 9.97 Å². The van der Waals surface area contributed by atoms with Crippen LogP contribution in [0.5, 0.6) is 0 Å². The van der Waals surface area contributed by atoms with Crippen molar-refractivity contribution in [2.75, 3.05) is 19.8 Å². The van der Waals surface area contributed by atoms with Crippen molar-refractivity contribution >= 4 is 35.2 Å². The highest BCUT2D eigenvalue weighted by Crippen LogP contribution is 2.33. The first-order valence-corrected chi connectivity index (χ1v) is 14.7. The molecule has 1 saturated heterocycles. The molecule has 1 aromatic carbocycles. The van der Waals surface area contributed by atoms with Crippen molar-refractivity contribution in [1.82, 2.24) is 14.5 Å². The summed E-state index contributed by atoms with van der Waals surface area (Å²) in [5.41, 5.74) is 4.77. The largest absolute Gasteiger partial charge is 0.361 e. The minimum atomic E-state index is -1.14. The molecule has 3 heterocycles. The van der Waals surface area contributed by atoms with Gasteiger partial charge >= 0.3 is 0 Å². The van der Waals surface area contributed by atoms with Crippen molar-refractivity contribution in [2.24, 2.45) is 0 Å². The highest BCUT2D eigenvalue weighted by atomic mass is 79.9. The Labute approximate surface area is 186 Å². The maximum atomic E-state index is 6.05. The molecule has 4 rings (SSSR count). The van der Waals surface area contributed by atoms with E-state index < -0.39 is 13.9 Å². The number of halogens is 1. The van der Waals surface area contributed by atoms with Gasteiger partial charge in [-0.1, -0.05) is 43.9 Å². The van der Waals surface area contributed by atoms with E-state index in [4.69, 9.17) is 14.2 Å². The van der Waals surface area contributed by atoms with Crippen LogP contribution >= 0.6 is 15.9 Å². The van der Waals surface area contributed by atoms with Gasteiger partial charge in [-0.05, 0) is 40.5 Å². The van der Waals surface area contributed by atoms with Gasteiger partial charge in [0.1, 0.15) is 16.9 Å². The number of nitrogens with zero attached hydrogens (tertiary/aromatic N) is 3. The number of ether oxygens (including phenoxy) is 3. The molecule has 8 heteroatoms. The van der Waals surface area contributed by atoms with Gasteiger partial charge in [-0.3, -0.25) is 4.57 Å². The average Bonchev–Trinajstić information content (AvgIpc) is 3.29. The van der Waals surface area contributed by atoms with E-state index in [0.29, 0.717) is 19.9 Å². The van der Waals surface area contributed by atoms with Crippen LogP contribution < -0.4 is 0 Å². The predicted molar refractivity (Wildman–Crippen MR) is 124 cm³/mol. The lowest BCUT2D eigenvalue weighted by Gasteiger charge is -2.23. The zero-order valence-corrected chi connectivity index (χ0v) is 20.5. The molecule has 0 aliphatic carbocycles. The summed E-state index contributed by atoms with van der Waals surface area (Å²) in [6.07, 6.45) is 1.73. The maximum Gasteiger partial charge on any atom is 0.192 e. The average molecular weight is 490 g/mol. The first-order chi connectivity index (χ1) is 14.3. The Morgan fingerprint density at radius 2 is 1.87 bits per heavy atom. The molecule has 1 aliphatic heterocycles. The van der Waals surface area contributed by atoms with E-state index in [1.54, 1.807) is 6.20 Å². The molecule has 1 fully saturated rings. The Balaban J connectivity index is 1.64. The van der Waals surface area contributed by atoms with E-state index in [-0.39, 0.29) is 0 Å². The third-order valence-corrected chi connectivity index (χ3v) is 7.42. The highest BCUT2D eigenvalue weighted by molar-refractivity contribution is 9.10. The van der Waals surface area contributed by atoms with Crippen LogP contribution in [0.4, 0.5) is 0 Å². The summed E-state index contributed by atoms with van der Waals surface area (Å²) in [7, 11) is -1.14. The number of hydrogen-bond donors (Lipinski definition) is 0. The van der Waals surface area contributed by atoms with Crippen LogP contribution in [0.15, 0.2) is 41.1 Å². The number of hydrogen-bond acceptors (Lipinski definition) is 5. The van der Waals surface area contributed by atoms with Gasteiger partial charge in [0.15, 0.2) is 11.4 Å². The topological polar surface area (TPSA) is 58.4 Å². The van der Waals surface area contributed by atoms with Gasteiger partial charge in [-0.15, -0.1) is 0 Å². The molecule has 0 unspecified atom stereocenters. The van der Waals surface area contributed by atoms with Crippen LogP contribution in [0.3, 0.4) is 0 Å². The van der Waals surface area contributed by atoms with Crippen molar-refractivity contribution in [2.45, 2.75) is 45.1 Å². The monoisotopic (exact) mass is 489 g/mol. The SMILES string of the molecule is CC1(c2ccc(-c3cc4nc(Br)cnc4n3COCC[Si](C)(C)C)cc2)OCCO1. The minimum Gasteiger partial charge on any atom is -0.361 e. The van der Waals surface area contributed by atoms with Gasteiger partial charge in [0.05, 0.1) is 25.1 Å². The molecule has 2 aromatic heterocycles. The van der Waals surface area contributed by atoms with Crippen LogP contribution in [0.1, 0.15) is 12.5 Å². The molecule has 0 N–H and O–H groups in total. The lowest BCUT2D eigenvalue weighted by atomic mass is 10.0. The molecule has 0 atom stereocenters. The van der Waals surface area contributed by atoms with Gasteiger partial charge in [0.25, 0.3) is 0 Å². The molecule has 0 radical (unpaired) electrons. The summed E-state index contributed by atoms with van der Waals surface area (Å²) < 4.78 is 20.4. The van der Waals surface area contributed by atoms with E-state index in [1.807, 2.05) is 6.92 Å². The summed E-state index contributed by atoms with van der Waals surface area (Å²) in [6.45, 7) is 11.5. The molecule has 0 amide bonds. The fourth-order valence-corrected chi connectivity index (χ4v) is 4.58. The Bertz CT molecular complexity index is 1020. The van der Waals surface area contributed by atoms with Crippen LogP contribution in [0, 0.1) is 0 Å². The van der Waals surface area contributed by atoms with Crippen LogP contribution in [0.2, 0.25) is 25.7 Å². The fraction of sp³-hybridized carbons (Fsp3) is 0.455. The first kappa shape index (κ1) is 21.6. The van der Waals surface area contributed by atoms with Crippen molar-refractivity contribution in [1.29, 1.82) is 0 Å². The lowest BCUT2D eigenvalue weighted by molar-refractivity contribution is -0.149.